The molecule has 0 saturated carbocycles. The standard InChI is InChI=1S/C28H28ClFN2O4/c1-36-21-7-8-26-23(16-21)22(10-12-31-26)27(33)9-5-18-11-14-32(17-24(18)28(34)35)13-2-3-19-4-6-20(29)15-25(19)30/h4,6-8,10,12,15-16,18,24,27,33H,5,9,11,13-14,17H2,1H3,(H,34,35)/t18-,24+,27+/m1/s1. The first-order chi connectivity index (χ1) is 17.4. The molecule has 1 aromatic heterocycles. The van der Waals surface area contributed by atoms with E-state index in [1.54, 1.807) is 25.4 Å². The van der Waals surface area contributed by atoms with Gasteiger partial charge >= 0.3 is 5.97 Å². The predicted molar refractivity (Wildman–Crippen MR) is 136 cm³/mol. The average molecular weight is 511 g/mol. The molecule has 0 aliphatic carbocycles. The van der Waals surface area contributed by atoms with Crippen LogP contribution in [0.15, 0.2) is 48.7 Å². The number of carboxylic acids is 1. The number of aliphatic hydroxyl groups is 1. The Labute approximate surface area is 214 Å². The van der Waals surface area contributed by atoms with Gasteiger partial charge in [0.2, 0.25) is 0 Å². The molecule has 0 amide bonds. The van der Waals surface area contributed by atoms with Gasteiger partial charge in [-0.15, -0.1) is 0 Å². The molecule has 1 aliphatic heterocycles. The lowest BCUT2D eigenvalue weighted by Gasteiger charge is -2.36. The second-order valence-electron chi connectivity index (χ2n) is 9.03. The number of aliphatic carboxylic acids is 1. The number of ether oxygens (including phenoxy) is 1. The SMILES string of the molecule is COc1ccc2nccc([C@@H](O)CC[C@@H]3CCN(CC#Cc4ccc(Cl)cc4F)C[C@@H]3C(=O)O)c2c1. The molecule has 0 unspecified atom stereocenters. The van der Waals surface area contributed by atoms with Crippen LogP contribution in [0.5, 0.6) is 5.75 Å². The minimum Gasteiger partial charge on any atom is -0.497 e. The maximum absolute atomic E-state index is 13.9. The molecular formula is C28H28ClFN2O4. The molecule has 3 atom stereocenters. The Morgan fingerprint density at radius 3 is 2.89 bits per heavy atom. The van der Waals surface area contributed by atoms with Gasteiger partial charge in [0, 0.05) is 23.2 Å². The third-order valence-corrected chi connectivity index (χ3v) is 7.00. The molecule has 1 aliphatic rings. The molecule has 4 rings (SSSR count). The van der Waals surface area contributed by atoms with Crippen LogP contribution >= 0.6 is 11.6 Å². The first-order valence-electron chi connectivity index (χ1n) is 11.9. The number of benzene rings is 2. The van der Waals surface area contributed by atoms with E-state index in [9.17, 15) is 19.4 Å². The van der Waals surface area contributed by atoms with Crippen molar-refractivity contribution in [3.05, 3.63) is 70.6 Å². The number of pyridine rings is 1. The molecule has 188 valence electrons. The minimum atomic E-state index is -0.852. The maximum atomic E-state index is 13.9. The number of carboxylic acid groups (broad SMARTS) is 1. The molecule has 1 fully saturated rings. The summed E-state index contributed by atoms with van der Waals surface area (Å²) < 4.78 is 19.2. The summed E-state index contributed by atoms with van der Waals surface area (Å²) in [5.74, 6) is 4.49. The maximum Gasteiger partial charge on any atom is 0.308 e. The third kappa shape index (κ3) is 6.14. The average Bonchev–Trinajstić information content (AvgIpc) is 2.88. The summed E-state index contributed by atoms with van der Waals surface area (Å²) in [6, 6.07) is 11.7. The quantitative estimate of drug-likeness (QED) is 0.439. The van der Waals surface area contributed by atoms with Crippen molar-refractivity contribution in [3.63, 3.8) is 0 Å². The van der Waals surface area contributed by atoms with Gasteiger partial charge in [0.1, 0.15) is 11.6 Å². The zero-order valence-electron chi connectivity index (χ0n) is 20.0. The van der Waals surface area contributed by atoms with Crippen LogP contribution in [0.1, 0.15) is 36.5 Å². The van der Waals surface area contributed by atoms with Crippen LogP contribution in [0.3, 0.4) is 0 Å². The molecule has 0 bridgehead atoms. The monoisotopic (exact) mass is 510 g/mol. The van der Waals surface area contributed by atoms with E-state index in [0.29, 0.717) is 49.7 Å². The Bertz CT molecular complexity index is 1310. The second-order valence-corrected chi connectivity index (χ2v) is 9.47. The Morgan fingerprint density at radius 2 is 2.14 bits per heavy atom. The van der Waals surface area contributed by atoms with Gasteiger partial charge < -0.3 is 14.9 Å². The number of nitrogens with zero attached hydrogens (tertiary/aromatic N) is 2. The molecule has 1 saturated heterocycles. The van der Waals surface area contributed by atoms with E-state index in [0.717, 1.165) is 16.5 Å². The number of piperidine rings is 1. The molecule has 6 nitrogen and oxygen atoms in total. The Balaban J connectivity index is 1.38. The lowest BCUT2D eigenvalue weighted by atomic mass is 9.81. The highest BCUT2D eigenvalue weighted by atomic mass is 35.5. The number of carbonyl (C=O) groups is 1. The Morgan fingerprint density at radius 1 is 1.31 bits per heavy atom. The summed E-state index contributed by atoms with van der Waals surface area (Å²) in [6.07, 6.45) is 2.64. The van der Waals surface area contributed by atoms with Crippen LogP contribution in [-0.4, -0.2) is 52.8 Å². The minimum absolute atomic E-state index is 0.0577. The first-order valence-corrected chi connectivity index (χ1v) is 12.2. The van der Waals surface area contributed by atoms with Crippen molar-refractivity contribution in [1.29, 1.82) is 0 Å². The number of rotatable bonds is 7. The number of hydrogen-bond acceptors (Lipinski definition) is 5. The van der Waals surface area contributed by atoms with Crippen LogP contribution in [0.25, 0.3) is 10.9 Å². The van der Waals surface area contributed by atoms with Crippen molar-refractivity contribution in [3.8, 4) is 17.6 Å². The lowest BCUT2D eigenvalue weighted by Crippen LogP contribution is -2.44. The van der Waals surface area contributed by atoms with Gasteiger partial charge in [0.25, 0.3) is 0 Å². The molecule has 3 aromatic rings. The van der Waals surface area contributed by atoms with E-state index >= 15 is 0 Å². The smallest absolute Gasteiger partial charge is 0.308 e. The number of aliphatic hydroxyl groups excluding tert-OH is 1. The van der Waals surface area contributed by atoms with Gasteiger partial charge in [-0.3, -0.25) is 14.7 Å². The van der Waals surface area contributed by atoms with Crippen LogP contribution in [0.4, 0.5) is 4.39 Å². The van der Waals surface area contributed by atoms with Crippen molar-refractivity contribution in [2.24, 2.45) is 11.8 Å². The zero-order valence-corrected chi connectivity index (χ0v) is 20.7. The van der Waals surface area contributed by atoms with E-state index in [-0.39, 0.29) is 11.5 Å². The normalized spacial score (nSPS) is 18.9. The van der Waals surface area contributed by atoms with Gasteiger partial charge in [-0.2, -0.15) is 0 Å². The molecular weight excluding hydrogens is 483 g/mol. The van der Waals surface area contributed by atoms with E-state index < -0.39 is 23.8 Å². The molecule has 8 heteroatoms. The molecule has 2 aromatic carbocycles. The number of aromatic nitrogens is 1. The summed E-state index contributed by atoms with van der Waals surface area (Å²) in [4.78, 5) is 18.4. The van der Waals surface area contributed by atoms with E-state index in [2.05, 4.69) is 16.8 Å². The van der Waals surface area contributed by atoms with E-state index in [1.807, 2.05) is 23.1 Å². The van der Waals surface area contributed by atoms with Gasteiger partial charge in [0.15, 0.2) is 0 Å². The number of fused-ring (bicyclic) bond motifs is 1. The molecule has 0 spiro atoms. The van der Waals surface area contributed by atoms with Crippen molar-refractivity contribution in [2.45, 2.75) is 25.4 Å². The highest BCUT2D eigenvalue weighted by molar-refractivity contribution is 6.30. The van der Waals surface area contributed by atoms with Crippen LogP contribution in [-0.2, 0) is 4.79 Å². The predicted octanol–water partition coefficient (Wildman–Crippen LogP) is 4.92. The summed E-state index contributed by atoms with van der Waals surface area (Å²) in [7, 11) is 1.59. The van der Waals surface area contributed by atoms with Gasteiger partial charge in [-0.1, -0.05) is 23.4 Å². The van der Waals surface area contributed by atoms with Crippen molar-refractivity contribution < 1.29 is 24.1 Å². The van der Waals surface area contributed by atoms with Gasteiger partial charge in [0.05, 0.1) is 36.8 Å². The molecule has 0 radical (unpaired) electrons. The third-order valence-electron chi connectivity index (χ3n) is 6.77. The number of likely N-dealkylation sites (tertiary alicyclic amines) is 1. The Kier molecular flexibility index (Phi) is 8.42. The van der Waals surface area contributed by atoms with Gasteiger partial charge in [-0.25, -0.2) is 4.39 Å². The van der Waals surface area contributed by atoms with Crippen molar-refractivity contribution >= 4 is 28.5 Å². The first kappa shape index (κ1) is 25.9. The van der Waals surface area contributed by atoms with Crippen molar-refractivity contribution in [2.75, 3.05) is 26.7 Å². The van der Waals surface area contributed by atoms with Crippen LogP contribution in [0, 0.1) is 29.5 Å². The topological polar surface area (TPSA) is 82.9 Å². The summed E-state index contributed by atoms with van der Waals surface area (Å²) in [5.41, 5.74) is 1.79. The van der Waals surface area contributed by atoms with Gasteiger partial charge in [-0.05, 0) is 79.8 Å². The van der Waals surface area contributed by atoms with Crippen molar-refractivity contribution in [1.82, 2.24) is 9.88 Å². The molecule has 36 heavy (non-hydrogen) atoms. The van der Waals surface area contributed by atoms with Crippen LogP contribution < -0.4 is 4.74 Å². The highest BCUT2D eigenvalue weighted by Crippen LogP contribution is 2.33. The number of methoxy groups -OCH3 is 1. The fourth-order valence-corrected chi connectivity index (χ4v) is 4.92. The Hall–Kier alpha value is -3.18. The second kappa shape index (κ2) is 11.7. The summed E-state index contributed by atoms with van der Waals surface area (Å²) in [5, 5.41) is 22.0. The fraction of sp³-hybridized carbons (Fsp3) is 0.357. The van der Waals surface area contributed by atoms with E-state index in [4.69, 9.17) is 16.3 Å². The summed E-state index contributed by atoms with van der Waals surface area (Å²) in [6.45, 7) is 1.41. The van der Waals surface area contributed by atoms with Crippen LogP contribution in [0.2, 0.25) is 5.02 Å². The number of hydrogen-bond donors (Lipinski definition) is 2. The lowest BCUT2D eigenvalue weighted by molar-refractivity contribution is -0.146. The molecule has 2 heterocycles. The molecule has 2 N–H and O–H groups in total. The van der Waals surface area contributed by atoms with E-state index in [1.165, 1.54) is 12.1 Å². The highest BCUT2D eigenvalue weighted by Gasteiger charge is 2.34. The largest absolute Gasteiger partial charge is 0.497 e. The number of halogens is 2. The zero-order chi connectivity index (χ0) is 25.7. The summed E-state index contributed by atoms with van der Waals surface area (Å²) >= 11 is 5.77. The fourth-order valence-electron chi connectivity index (χ4n) is 4.77.